The molecule has 0 aromatic carbocycles. The zero-order valence-electron chi connectivity index (χ0n) is 5.10. The number of imidazole rings is 1. The van der Waals surface area contributed by atoms with Crippen molar-refractivity contribution in [1.29, 1.82) is 5.26 Å². The quantitative estimate of drug-likeness (QED) is 0.717. The number of nitriles is 1. The minimum absolute atomic E-state index is 0.398. The van der Waals surface area contributed by atoms with E-state index in [1.807, 2.05) is 13.1 Å². The Labute approximate surface area is 74.9 Å². The molecule has 0 radical (unpaired) electrons. The fourth-order valence-corrected chi connectivity index (χ4v) is 1.46. The van der Waals surface area contributed by atoms with E-state index in [0.29, 0.717) is 15.0 Å². The van der Waals surface area contributed by atoms with Gasteiger partial charge in [0.05, 0.1) is 0 Å². The molecule has 0 saturated carbocycles. The van der Waals surface area contributed by atoms with Crippen LogP contribution in [0.4, 0.5) is 0 Å². The highest BCUT2D eigenvalue weighted by Gasteiger charge is 2.08. The van der Waals surface area contributed by atoms with E-state index in [0.717, 1.165) is 0 Å². The van der Waals surface area contributed by atoms with Crippen LogP contribution in [-0.4, -0.2) is 9.55 Å². The first-order valence-electron chi connectivity index (χ1n) is 2.44. The Hall–Kier alpha value is -0.340. The van der Waals surface area contributed by atoms with Gasteiger partial charge in [-0.05, 0) is 31.9 Å². The molecule has 3 nitrogen and oxygen atoms in total. The second-order valence-corrected chi connectivity index (χ2v) is 3.15. The molecule has 0 N–H and O–H groups in total. The molecule has 5 heteroatoms. The molecular weight excluding hydrogens is 262 g/mol. The second-order valence-electron chi connectivity index (χ2n) is 1.69. The first-order valence-corrected chi connectivity index (χ1v) is 4.03. The van der Waals surface area contributed by atoms with Crippen molar-refractivity contribution in [3.05, 3.63) is 15.0 Å². The van der Waals surface area contributed by atoms with Crippen LogP contribution in [0.5, 0.6) is 0 Å². The topological polar surface area (TPSA) is 41.6 Å². The van der Waals surface area contributed by atoms with E-state index >= 15 is 0 Å². The maximum Gasteiger partial charge on any atom is 0.179 e. The molecule has 0 aliphatic rings. The van der Waals surface area contributed by atoms with Crippen LogP contribution in [0.1, 0.15) is 5.69 Å². The highest BCUT2D eigenvalue weighted by molar-refractivity contribution is 9.11. The third kappa shape index (κ3) is 1.09. The van der Waals surface area contributed by atoms with Crippen molar-refractivity contribution >= 4 is 31.9 Å². The zero-order chi connectivity index (χ0) is 7.72. The van der Waals surface area contributed by atoms with Crippen molar-refractivity contribution in [2.75, 3.05) is 0 Å². The first-order chi connectivity index (χ1) is 4.66. The fourth-order valence-electron chi connectivity index (χ4n) is 0.524. The van der Waals surface area contributed by atoms with Gasteiger partial charge in [0.15, 0.2) is 10.4 Å². The Morgan fingerprint density at radius 3 is 2.40 bits per heavy atom. The lowest BCUT2D eigenvalue weighted by atomic mass is 10.5. The van der Waals surface area contributed by atoms with Crippen molar-refractivity contribution < 1.29 is 0 Å². The molecule has 1 rings (SSSR count). The molecule has 10 heavy (non-hydrogen) atoms. The van der Waals surface area contributed by atoms with E-state index in [9.17, 15) is 0 Å². The predicted molar refractivity (Wildman–Crippen MR) is 43.3 cm³/mol. The van der Waals surface area contributed by atoms with Gasteiger partial charge in [-0.25, -0.2) is 4.98 Å². The predicted octanol–water partition coefficient (Wildman–Crippen LogP) is 1.82. The molecule has 0 fully saturated rings. The van der Waals surface area contributed by atoms with Gasteiger partial charge in [0, 0.05) is 7.05 Å². The number of aromatic nitrogens is 2. The molecule has 1 heterocycles. The molecule has 0 aliphatic heterocycles. The summed E-state index contributed by atoms with van der Waals surface area (Å²) in [6.45, 7) is 0. The van der Waals surface area contributed by atoms with Gasteiger partial charge < -0.3 is 4.57 Å². The SMILES string of the molecule is Cn1c(Br)nc(C#N)c1Br. The lowest BCUT2D eigenvalue weighted by Crippen LogP contribution is -1.86. The van der Waals surface area contributed by atoms with Crippen molar-refractivity contribution in [3.63, 3.8) is 0 Å². The summed E-state index contributed by atoms with van der Waals surface area (Å²) >= 11 is 6.39. The minimum atomic E-state index is 0.398. The second kappa shape index (κ2) is 2.72. The van der Waals surface area contributed by atoms with Crippen LogP contribution in [0.15, 0.2) is 9.34 Å². The average Bonchev–Trinajstić information content (AvgIpc) is 2.17. The molecule has 0 unspecified atom stereocenters. The summed E-state index contributed by atoms with van der Waals surface area (Å²) < 4.78 is 3.08. The molecule has 0 bridgehead atoms. The van der Waals surface area contributed by atoms with E-state index < -0.39 is 0 Å². The average molecular weight is 265 g/mol. The van der Waals surface area contributed by atoms with Gasteiger partial charge in [0.25, 0.3) is 0 Å². The molecule has 1 aromatic rings. The normalized spacial score (nSPS) is 9.40. The maximum absolute atomic E-state index is 8.48. The first kappa shape index (κ1) is 7.76. The monoisotopic (exact) mass is 263 g/mol. The Balaban J connectivity index is 3.34. The van der Waals surface area contributed by atoms with Crippen LogP contribution >= 0.6 is 31.9 Å². The lowest BCUT2D eigenvalue weighted by molar-refractivity contribution is 0.860. The van der Waals surface area contributed by atoms with Crippen LogP contribution in [0.2, 0.25) is 0 Å². The summed E-state index contributed by atoms with van der Waals surface area (Å²) in [5, 5.41) is 8.48. The van der Waals surface area contributed by atoms with Gasteiger partial charge >= 0.3 is 0 Å². The highest BCUT2D eigenvalue weighted by atomic mass is 79.9. The molecular formula is C5H3Br2N3. The Bertz CT molecular complexity index is 297. The van der Waals surface area contributed by atoms with E-state index in [4.69, 9.17) is 5.26 Å². The van der Waals surface area contributed by atoms with Crippen LogP contribution < -0.4 is 0 Å². The number of nitrogens with zero attached hydrogens (tertiary/aromatic N) is 3. The molecule has 0 saturated heterocycles. The summed E-state index contributed by atoms with van der Waals surface area (Å²) in [5.41, 5.74) is 0.398. The largest absolute Gasteiger partial charge is 0.315 e. The summed E-state index contributed by atoms with van der Waals surface area (Å²) in [6, 6.07) is 1.95. The third-order valence-corrected chi connectivity index (χ3v) is 2.69. The van der Waals surface area contributed by atoms with Crippen LogP contribution in [0, 0.1) is 11.3 Å². The summed E-state index contributed by atoms with van der Waals surface area (Å²) in [4.78, 5) is 3.90. The molecule has 52 valence electrons. The maximum atomic E-state index is 8.48. The zero-order valence-corrected chi connectivity index (χ0v) is 8.27. The Morgan fingerprint density at radius 2 is 2.20 bits per heavy atom. The van der Waals surface area contributed by atoms with E-state index in [1.165, 1.54) is 0 Å². The smallest absolute Gasteiger partial charge is 0.179 e. The summed E-state index contributed by atoms with van der Waals surface area (Å²) in [7, 11) is 1.81. The van der Waals surface area contributed by atoms with E-state index in [2.05, 4.69) is 36.8 Å². The van der Waals surface area contributed by atoms with Crippen molar-refractivity contribution in [2.24, 2.45) is 7.05 Å². The molecule has 1 aromatic heterocycles. The molecule has 0 aliphatic carbocycles. The fraction of sp³-hybridized carbons (Fsp3) is 0.200. The summed E-state index contributed by atoms with van der Waals surface area (Å²) in [5.74, 6) is 0. The van der Waals surface area contributed by atoms with Gasteiger partial charge in [-0.15, -0.1) is 0 Å². The number of hydrogen-bond donors (Lipinski definition) is 0. The lowest BCUT2D eigenvalue weighted by Gasteiger charge is -1.90. The third-order valence-electron chi connectivity index (χ3n) is 1.08. The number of hydrogen-bond acceptors (Lipinski definition) is 2. The summed E-state index contributed by atoms with van der Waals surface area (Å²) in [6.07, 6.45) is 0. The van der Waals surface area contributed by atoms with Crippen molar-refractivity contribution in [3.8, 4) is 6.07 Å². The van der Waals surface area contributed by atoms with Crippen LogP contribution in [0.25, 0.3) is 0 Å². The van der Waals surface area contributed by atoms with E-state index in [1.54, 1.807) is 4.57 Å². The van der Waals surface area contributed by atoms with Crippen molar-refractivity contribution in [2.45, 2.75) is 0 Å². The van der Waals surface area contributed by atoms with Gasteiger partial charge in [-0.3, -0.25) is 0 Å². The van der Waals surface area contributed by atoms with Gasteiger partial charge in [-0.1, -0.05) is 0 Å². The molecule has 0 spiro atoms. The minimum Gasteiger partial charge on any atom is -0.315 e. The van der Waals surface area contributed by atoms with Gasteiger partial charge in [0.1, 0.15) is 10.7 Å². The Morgan fingerprint density at radius 1 is 1.60 bits per heavy atom. The number of halogens is 2. The van der Waals surface area contributed by atoms with Crippen molar-refractivity contribution in [1.82, 2.24) is 9.55 Å². The number of rotatable bonds is 0. The Kier molecular flexibility index (Phi) is 2.11. The highest BCUT2D eigenvalue weighted by Crippen LogP contribution is 2.19. The van der Waals surface area contributed by atoms with Crippen LogP contribution in [-0.2, 0) is 7.05 Å². The van der Waals surface area contributed by atoms with Crippen LogP contribution in [0.3, 0.4) is 0 Å². The molecule has 0 amide bonds. The standard InChI is InChI=1S/C5H3Br2N3/c1-10-4(6)3(2-8)9-5(10)7/h1H3. The van der Waals surface area contributed by atoms with E-state index in [-0.39, 0.29) is 0 Å². The van der Waals surface area contributed by atoms with Gasteiger partial charge in [0.2, 0.25) is 0 Å². The molecule has 0 atom stereocenters. The van der Waals surface area contributed by atoms with Gasteiger partial charge in [-0.2, -0.15) is 5.26 Å².